The minimum Gasteiger partial charge on any atom is -0.397 e. The number of allylic oxidation sites excluding steroid dienone is 2. The number of halogens is 1. The molecule has 0 unspecified atom stereocenters. The van der Waals surface area contributed by atoms with Crippen molar-refractivity contribution in [3.05, 3.63) is 71.7 Å². The first kappa shape index (κ1) is 14.3. The molecule has 0 aliphatic heterocycles. The Bertz CT molecular complexity index is 722. The normalized spacial score (nSPS) is 18.0. The molecule has 0 heterocycles. The van der Waals surface area contributed by atoms with Gasteiger partial charge in [0.25, 0.3) is 0 Å². The van der Waals surface area contributed by atoms with Crippen LogP contribution in [0.15, 0.2) is 60.3 Å². The number of hydrogen-bond donors (Lipinski definition) is 2. The van der Waals surface area contributed by atoms with Crippen LogP contribution in [0.1, 0.15) is 24.3 Å². The molecule has 0 fully saturated rings. The Hall–Kier alpha value is -2.62. The van der Waals surface area contributed by atoms with Gasteiger partial charge in [-0.3, -0.25) is 4.79 Å². The van der Waals surface area contributed by atoms with Crippen LogP contribution in [0.3, 0.4) is 0 Å². The lowest BCUT2D eigenvalue weighted by atomic mass is 9.85. The van der Waals surface area contributed by atoms with Crippen LogP contribution in [0.5, 0.6) is 0 Å². The monoisotopic (exact) mass is 296 g/mol. The first-order chi connectivity index (χ1) is 10.6. The van der Waals surface area contributed by atoms with Crippen molar-refractivity contribution in [3.8, 4) is 0 Å². The van der Waals surface area contributed by atoms with Crippen LogP contribution < -0.4 is 11.1 Å². The van der Waals surface area contributed by atoms with Crippen LogP contribution >= 0.6 is 0 Å². The lowest BCUT2D eigenvalue weighted by molar-refractivity contribution is -0.115. The van der Waals surface area contributed by atoms with Gasteiger partial charge in [0.05, 0.1) is 11.4 Å². The van der Waals surface area contributed by atoms with E-state index in [0.717, 1.165) is 16.9 Å². The van der Waals surface area contributed by atoms with Crippen molar-refractivity contribution in [1.29, 1.82) is 0 Å². The number of anilines is 2. The molecule has 3 N–H and O–H groups in total. The summed E-state index contributed by atoms with van der Waals surface area (Å²) in [6.45, 7) is 0. The van der Waals surface area contributed by atoms with Crippen molar-refractivity contribution in [1.82, 2.24) is 0 Å². The molecule has 3 rings (SSSR count). The van der Waals surface area contributed by atoms with Crippen molar-refractivity contribution in [2.45, 2.75) is 18.8 Å². The molecule has 3 nitrogen and oxygen atoms in total. The van der Waals surface area contributed by atoms with Gasteiger partial charge in [-0.15, -0.1) is 0 Å². The third kappa shape index (κ3) is 3.17. The number of hydrogen-bond acceptors (Lipinski definition) is 3. The van der Waals surface area contributed by atoms with Gasteiger partial charge in [-0.1, -0.05) is 24.3 Å². The summed E-state index contributed by atoms with van der Waals surface area (Å²) in [5.74, 6) is -0.139. The van der Waals surface area contributed by atoms with E-state index in [0.29, 0.717) is 18.5 Å². The summed E-state index contributed by atoms with van der Waals surface area (Å²) in [5, 5.41) is 3.23. The zero-order valence-corrected chi connectivity index (χ0v) is 12.1. The average molecular weight is 296 g/mol. The molecule has 0 spiro atoms. The van der Waals surface area contributed by atoms with E-state index in [-0.39, 0.29) is 17.5 Å². The zero-order chi connectivity index (χ0) is 15.5. The second-order valence-electron chi connectivity index (χ2n) is 5.50. The SMILES string of the molecule is Nc1ccccc1NC1=CC(=O)C[C@H](c2ccc(F)cc2)C1. The van der Waals surface area contributed by atoms with Gasteiger partial charge in [0.1, 0.15) is 5.82 Å². The molecule has 4 heteroatoms. The van der Waals surface area contributed by atoms with Gasteiger partial charge in [-0.05, 0) is 42.2 Å². The third-order valence-corrected chi connectivity index (χ3v) is 3.85. The summed E-state index contributed by atoms with van der Waals surface area (Å²) in [6.07, 6.45) is 2.78. The molecule has 2 aromatic carbocycles. The highest BCUT2D eigenvalue weighted by Gasteiger charge is 2.22. The topological polar surface area (TPSA) is 55.1 Å². The number of carbonyl (C=O) groups is 1. The maximum absolute atomic E-state index is 13.0. The molecule has 22 heavy (non-hydrogen) atoms. The Labute approximate surface area is 128 Å². The van der Waals surface area contributed by atoms with E-state index in [1.165, 1.54) is 12.1 Å². The van der Waals surface area contributed by atoms with Gasteiger partial charge in [0, 0.05) is 18.2 Å². The number of nitrogens with two attached hydrogens (primary N) is 1. The Morgan fingerprint density at radius 1 is 1.05 bits per heavy atom. The number of nitrogens with one attached hydrogen (secondary N) is 1. The fourth-order valence-corrected chi connectivity index (χ4v) is 2.73. The highest BCUT2D eigenvalue weighted by Crippen LogP contribution is 2.32. The minimum atomic E-state index is -0.267. The number of nitrogen functional groups attached to an aromatic ring is 1. The molecule has 1 aliphatic rings. The van der Waals surface area contributed by atoms with Crippen LogP contribution in [0.25, 0.3) is 0 Å². The summed E-state index contributed by atoms with van der Waals surface area (Å²) in [7, 11) is 0. The second-order valence-corrected chi connectivity index (χ2v) is 5.50. The molecule has 2 aromatic rings. The predicted octanol–water partition coefficient (Wildman–Crippen LogP) is 3.85. The van der Waals surface area contributed by atoms with Crippen molar-refractivity contribution in [2.75, 3.05) is 11.1 Å². The molecule has 0 saturated carbocycles. The first-order valence-electron chi connectivity index (χ1n) is 7.22. The van der Waals surface area contributed by atoms with Crippen LogP contribution in [-0.4, -0.2) is 5.78 Å². The van der Waals surface area contributed by atoms with Gasteiger partial charge >= 0.3 is 0 Å². The lowest BCUT2D eigenvalue weighted by Crippen LogP contribution is -2.17. The Kier molecular flexibility index (Phi) is 3.92. The molecular formula is C18H17FN2O. The largest absolute Gasteiger partial charge is 0.397 e. The highest BCUT2D eigenvalue weighted by atomic mass is 19.1. The number of carbonyl (C=O) groups excluding carboxylic acids is 1. The Morgan fingerprint density at radius 3 is 2.50 bits per heavy atom. The smallest absolute Gasteiger partial charge is 0.158 e. The van der Waals surface area contributed by atoms with Crippen molar-refractivity contribution >= 4 is 17.2 Å². The van der Waals surface area contributed by atoms with Gasteiger partial charge < -0.3 is 11.1 Å². The number of benzene rings is 2. The molecule has 1 aliphatic carbocycles. The van der Waals surface area contributed by atoms with E-state index in [4.69, 9.17) is 5.73 Å². The predicted molar refractivity (Wildman–Crippen MR) is 85.9 cm³/mol. The van der Waals surface area contributed by atoms with Crippen molar-refractivity contribution < 1.29 is 9.18 Å². The van der Waals surface area contributed by atoms with E-state index in [9.17, 15) is 9.18 Å². The molecule has 1 atom stereocenters. The molecule has 0 aromatic heterocycles. The quantitative estimate of drug-likeness (QED) is 0.846. The van der Waals surface area contributed by atoms with E-state index in [2.05, 4.69) is 5.32 Å². The molecule has 0 amide bonds. The van der Waals surface area contributed by atoms with E-state index < -0.39 is 0 Å². The van der Waals surface area contributed by atoms with Crippen LogP contribution in [-0.2, 0) is 4.79 Å². The second kappa shape index (κ2) is 6.02. The van der Waals surface area contributed by atoms with Gasteiger partial charge in [0.2, 0.25) is 0 Å². The van der Waals surface area contributed by atoms with E-state index in [1.807, 2.05) is 24.3 Å². The van der Waals surface area contributed by atoms with Crippen molar-refractivity contribution in [3.63, 3.8) is 0 Å². The summed E-state index contributed by atoms with van der Waals surface area (Å²) in [4.78, 5) is 12.0. The summed E-state index contributed by atoms with van der Waals surface area (Å²) >= 11 is 0. The van der Waals surface area contributed by atoms with E-state index >= 15 is 0 Å². The van der Waals surface area contributed by atoms with Crippen LogP contribution in [0.2, 0.25) is 0 Å². The minimum absolute atomic E-state index is 0.0607. The molecule has 0 bridgehead atoms. The lowest BCUT2D eigenvalue weighted by Gasteiger charge is -2.24. The van der Waals surface area contributed by atoms with Crippen LogP contribution in [0, 0.1) is 5.82 Å². The molecule has 0 saturated heterocycles. The number of para-hydroxylation sites is 2. The van der Waals surface area contributed by atoms with Gasteiger partial charge in [0.15, 0.2) is 5.78 Å². The molecular weight excluding hydrogens is 279 g/mol. The fraction of sp³-hybridized carbons (Fsp3) is 0.167. The summed E-state index contributed by atoms with van der Waals surface area (Å²) < 4.78 is 13.0. The number of rotatable bonds is 3. The fourth-order valence-electron chi connectivity index (χ4n) is 2.73. The first-order valence-corrected chi connectivity index (χ1v) is 7.22. The Balaban J connectivity index is 1.80. The van der Waals surface area contributed by atoms with Crippen LogP contribution in [0.4, 0.5) is 15.8 Å². The zero-order valence-electron chi connectivity index (χ0n) is 12.1. The average Bonchev–Trinajstić information content (AvgIpc) is 2.50. The third-order valence-electron chi connectivity index (χ3n) is 3.85. The van der Waals surface area contributed by atoms with Gasteiger partial charge in [-0.2, -0.15) is 0 Å². The summed E-state index contributed by atoms with van der Waals surface area (Å²) in [6, 6.07) is 13.8. The van der Waals surface area contributed by atoms with Gasteiger partial charge in [-0.25, -0.2) is 4.39 Å². The summed E-state index contributed by atoms with van der Waals surface area (Å²) in [5.41, 5.74) is 9.16. The maximum atomic E-state index is 13.0. The Morgan fingerprint density at radius 2 is 1.77 bits per heavy atom. The molecule has 0 radical (unpaired) electrons. The van der Waals surface area contributed by atoms with Crippen molar-refractivity contribution in [2.24, 2.45) is 0 Å². The highest BCUT2D eigenvalue weighted by molar-refractivity contribution is 5.92. The molecule has 112 valence electrons. The standard InChI is InChI=1S/C18H17FN2O/c19-14-7-5-12(6-8-14)13-9-15(11-16(22)10-13)21-18-4-2-1-3-17(18)20/h1-8,11,13,21H,9-10,20H2/t13-/m1/s1. The maximum Gasteiger partial charge on any atom is 0.158 e. The van der Waals surface area contributed by atoms with E-state index in [1.54, 1.807) is 18.2 Å². The number of ketones is 1.